The Bertz CT molecular complexity index is 145. The molecule has 0 saturated carbocycles. The molecule has 1 radical (unpaired) electrons. The lowest BCUT2D eigenvalue weighted by molar-refractivity contribution is 0.225. The van der Waals surface area contributed by atoms with Gasteiger partial charge in [-0.15, -0.1) is 0 Å². The van der Waals surface area contributed by atoms with Crippen LogP contribution in [0, 0.1) is 0 Å². The number of rotatable bonds is 0. The maximum absolute atomic E-state index is 10.4. The second-order valence-electron chi connectivity index (χ2n) is 1.47. The van der Waals surface area contributed by atoms with Crippen LogP contribution in [-0.4, -0.2) is 29.7 Å². The molecular formula is C4H4ClN2O. The molecule has 4 heteroatoms. The Morgan fingerprint density at radius 3 is 2.75 bits per heavy atom. The predicted molar refractivity (Wildman–Crippen MR) is 30.2 cm³/mol. The Morgan fingerprint density at radius 2 is 2.62 bits per heavy atom. The zero-order valence-corrected chi connectivity index (χ0v) is 5.01. The molecule has 0 bridgehead atoms. The van der Waals surface area contributed by atoms with Gasteiger partial charge < -0.3 is 4.90 Å². The zero-order valence-electron chi connectivity index (χ0n) is 4.26. The van der Waals surface area contributed by atoms with Crippen molar-refractivity contribution in [3.63, 3.8) is 0 Å². The fraction of sp³-hybridized carbons (Fsp3) is 0.500. The van der Waals surface area contributed by atoms with Crippen molar-refractivity contribution >= 4 is 23.8 Å². The Hall–Kier alpha value is -0.570. The fourth-order valence-electron chi connectivity index (χ4n) is 0.371. The van der Waals surface area contributed by atoms with Crippen LogP contribution in [0.2, 0.25) is 0 Å². The van der Waals surface area contributed by atoms with E-state index in [-0.39, 0.29) is 6.03 Å². The summed E-state index contributed by atoms with van der Waals surface area (Å²) in [4.78, 5) is 15.0. The van der Waals surface area contributed by atoms with Gasteiger partial charge in [-0.1, -0.05) is 11.6 Å². The molecule has 3 nitrogen and oxygen atoms in total. The highest BCUT2D eigenvalue weighted by molar-refractivity contribution is 6.30. The average molecular weight is 132 g/mol. The lowest BCUT2D eigenvalue weighted by Gasteiger charge is -2.08. The van der Waals surface area contributed by atoms with Gasteiger partial charge in [0, 0.05) is 7.05 Å². The highest BCUT2D eigenvalue weighted by Crippen LogP contribution is 2.06. The minimum Gasteiger partial charge on any atom is -0.304 e. The normalized spacial score (nSPS) is 27.5. The maximum Gasteiger partial charge on any atom is 0.345 e. The zero-order chi connectivity index (χ0) is 6.15. The summed E-state index contributed by atoms with van der Waals surface area (Å²) < 4.78 is 0. The van der Waals surface area contributed by atoms with E-state index in [0.29, 0.717) is 0 Å². The number of carbonyl (C=O) groups excluding carboxylic acids is 1. The molecule has 0 aromatic carbocycles. The van der Waals surface area contributed by atoms with Gasteiger partial charge in [0.15, 0.2) is 5.50 Å². The van der Waals surface area contributed by atoms with Gasteiger partial charge in [-0.3, -0.25) is 0 Å². The number of urea groups is 1. The van der Waals surface area contributed by atoms with Crippen molar-refractivity contribution in [3.05, 3.63) is 0 Å². The molecule has 0 aromatic heterocycles. The monoisotopic (exact) mass is 131 g/mol. The molecule has 0 fully saturated rings. The highest BCUT2D eigenvalue weighted by Gasteiger charge is 2.21. The number of carbonyl (C=O) groups is 1. The van der Waals surface area contributed by atoms with Gasteiger partial charge in [-0.2, -0.15) is 4.99 Å². The third kappa shape index (κ3) is 0.690. The van der Waals surface area contributed by atoms with E-state index in [4.69, 9.17) is 11.6 Å². The lowest BCUT2D eigenvalue weighted by atomic mass is 10.7. The van der Waals surface area contributed by atoms with Crippen molar-refractivity contribution in [2.75, 3.05) is 7.05 Å². The van der Waals surface area contributed by atoms with Crippen LogP contribution in [0.5, 0.6) is 0 Å². The smallest absolute Gasteiger partial charge is 0.304 e. The average Bonchev–Trinajstić information content (AvgIpc) is 1.98. The number of hydrogen-bond acceptors (Lipinski definition) is 1. The maximum atomic E-state index is 10.4. The Morgan fingerprint density at radius 1 is 2.00 bits per heavy atom. The van der Waals surface area contributed by atoms with E-state index in [9.17, 15) is 4.79 Å². The molecule has 0 aromatic rings. The quantitative estimate of drug-likeness (QED) is 0.349. The van der Waals surface area contributed by atoms with Crippen LogP contribution in [0.4, 0.5) is 4.79 Å². The standard InChI is InChI=1S/C4H4ClN2O/c1-7-3(5)2-6-4(7)8/h3H,1H3. The van der Waals surface area contributed by atoms with Gasteiger partial charge in [-0.25, -0.2) is 4.79 Å². The molecule has 1 atom stereocenters. The summed E-state index contributed by atoms with van der Waals surface area (Å²) in [5, 5.41) is 0. The molecule has 0 saturated heterocycles. The molecule has 1 heterocycles. The number of nitrogens with zero attached hydrogens (tertiary/aromatic N) is 2. The first-order valence-electron chi connectivity index (χ1n) is 2.09. The van der Waals surface area contributed by atoms with Crippen LogP contribution in [0.3, 0.4) is 0 Å². The van der Waals surface area contributed by atoms with Gasteiger partial charge >= 0.3 is 6.03 Å². The van der Waals surface area contributed by atoms with Crippen LogP contribution in [0.25, 0.3) is 0 Å². The summed E-state index contributed by atoms with van der Waals surface area (Å²) in [5.74, 6) is 0. The molecule has 1 unspecified atom stereocenters. The molecule has 2 amide bonds. The number of alkyl halides is 1. The molecule has 1 aliphatic rings. The number of halogens is 1. The topological polar surface area (TPSA) is 32.7 Å². The molecule has 1 aliphatic heterocycles. The van der Waals surface area contributed by atoms with E-state index in [2.05, 4.69) is 11.2 Å². The number of amides is 2. The SMILES string of the molecule is CN1C(=O)N=[C]C1Cl. The van der Waals surface area contributed by atoms with Gasteiger partial charge in [0.1, 0.15) is 6.21 Å². The van der Waals surface area contributed by atoms with Gasteiger partial charge in [-0.05, 0) is 0 Å². The molecule has 1 rings (SSSR count). The molecule has 8 heavy (non-hydrogen) atoms. The van der Waals surface area contributed by atoms with Crippen molar-refractivity contribution in [2.45, 2.75) is 5.50 Å². The van der Waals surface area contributed by atoms with E-state index < -0.39 is 5.50 Å². The molecule has 0 N–H and O–H groups in total. The number of hydrogen-bond donors (Lipinski definition) is 0. The Kier molecular flexibility index (Phi) is 1.21. The second kappa shape index (κ2) is 1.74. The summed E-state index contributed by atoms with van der Waals surface area (Å²) in [6, 6.07) is -0.329. The molecule has 0 aliphatic carbocycles. The molecule has 43 valence electrons. The van der Waals surface area contributed by atoms with E-state index in [1.54, 1.807) is 7.05 Å². The van der Waals surface area contributed by atoms with Crippen LogP contribution in [-0.2, 0) is 0 Å². The third-order valence-electron chi connectivity index (χ3n) is 0.908. The van der Waals surface area contributed by atoms with Gasteiger partial charge in [0.2, 0.25) is 0 Å². The fourth-order valence-corrected chi connectivity index (χ4v) is 0.503. The second-order valence-corrected chi connectivity index (χ2v) is 1.88. The van der Waals surface area contributed by atoms with Crippen molar-refractivity contribution < 1.29 is 4.79 Å². The lowest BCUT2D eigenvalue weighted by Crippen LogP contribution is -2.25. The summed E-state index contributed by atoms with van der Waals surface area (Å²) in [6.07, 6.45) is 2.39. The largest absolute Gasteiger partial charge is 0.345 e. The summed E-state index contributed by atoms with van der Waals surface area (Å²) in [7, 11) is 1.57. The minimum atomic E-state index is -0.470. The third-order valence-corrected chi connectivity index (χ3v) is 1.30. The van der Waals surface area contributed by atoms with Crippen LogP contribution < -0.4 is 0 Å². The first-order chi connectivity index (χ1) is 3.72. The first-order valence-corrected chi connectivity index (χ1v) is 2.52. The van der Waals surface area contributed by atoms with Crippen molar-refractivity contribution in [1.82, 2.24) is 4.90 Å². The van der Waals surface area contributed by atoms with E-state index >= 15 is 0 Å². The van der Waals surface area contributed by atoms with Crippen molar-refractivity contribution in [2.24, 2.45) is 4.99 Å². The van der Waals surface area contributed by atoms with Crippen LogP contribution >= 0.6 is 11.6 Å². The minimum absolute atomic E-state index is 0.329. The predicted octanol–water partition coefficient (Wildman–Crippen LogP) is 0.565. The van der Waals surface area contributed by atoms with Crippen LogP contribution in [0.1, 0.15) is 0 Å². The molecule has 0 spiro atoms. The highest BCUT2D eigenvalue weighted by atomic mass is 35.5. The number of aliphatic imine (C=N–C) groups is 1. The molecular weight excluding hydrogens is 128 g/mol. The summed E-state index contributed by atoms with van der Waals surface area (Å²) in [5.41, 5.74) is -0.470. The van der Waals surface area contributed by atoms with E-state index in [0.717, 1.165) is 0 Å². The Balaban J connectivity index is 2.69. The summed E-state index contributed by atoms with van der Waals surface area (Å²) >= 11 is 5.46. The van der Waals surface area contributed by atoms with Crippen molar-refractivity contribution in [1.29, 1.82) is 0 Å². The van der Waals surface area contributed by atoms with Crippen LogP contribution in [0.15, 0.2) is 4.99 Å². The van der Waals surface area contributed by atoms with E-state index in [1.165, 1.54) is 4.90 Å². The van der Waals surface area contributed by atoms with E-state index in [1.807, 2.05) is 0 Å². The van der Waals surface area contributed by atoms with Gasteiger partial charge in [0.05, 0.1) is 0 Å². The van der Waals surface area contributed by atoms with Crippen molar-refractivity contribution in [3.8, 4) is 0 Å². The van der Waals surface area contributed by atoms with Gasteiger partial charge in [0.25, 0.3) is 0 Å². The first kappa shape index (κ1) is 5.56. The Labute approximate surface area is 51.9 Å². The summed E-state index contributed by atoms with van der Waals surface area (Å²) in [6.45, 7) is 0.